The minimum atomic E-state index is -0.137. The molecule has 0 fully saturated rings. The van der Waals surface area contributed by atoms with Crippen LogP contribution in [-0.4, -0.2) is 22.4 Å². The molecule has 4 nitrogen and oxygen atoms in total. The van der Waals surface area contributed by atoms with E-state index in [2.05, 4.69) is 4.98 Å². The van der Waals surface area contributed by atoms with E-state index in [1.807, 2.05) is 0 Å². The van der Waals surface area contributed by atoms with Crippen LogP contribution in [0.25, 0.3) is 10.9 Å². The molecule has 0 unspecified atom stereocenters. The smallest absolute Gasteiger partial charge is 0.178 e. The number of benzene rings is 1. The van der Waals surface area contributed by atoms with Crippen molar-refractivity contribution in [2.45, 2.75) is 0 Å². The summed E-state index contributed by atoms with van der Waals surface area (Å²) in [4.78, 5) is 14.2. The summed E-state index contributed by atoms with van der Waals surface area (Å²) in [5, 5.41) is 10.2. The molecular weight excluding hydrogens is 216 g/mol. The Labute approximate surface area is 92.5 Å². The predicted molar refractivity (Wildman–Crippen MR) is 60.6 cm³/mol. The second-order valence-electron chi connectivity index (χ2n) is 3.03. The Morgan fingerprint density at radius 1 is 1.47 bits per heavy atom. The first-order chi connectivity index (χ1) is 6.74. The van der Waals surface area contributed by atoms with Crippen molar-refractivity contribution in [2.75, 3.05) is 6.54 Å². The minimum absolute atomic E-state index is 0. The molecule has 0 aliphatic rings. The highest BCUT2D eigenvalue weighted by Crippen LogP contribution is 2.25. The number of nitrogens with two attached hydrogens (primary N) is 1. The summed E-state index contributed by atoms with van der Waals surface area (Å²) in [6, 6.07) is 5.03. The van der Waals surface area contributed by atoms with E-state index in [0.717, 1.165) is 0 Å². The second kappa shape index (κ2) is 4.33. The molecule has 0 atom stereocenters. The van der Waals surface area contributed by atoms with Crippen molar-refractivity contribution < 1.29 is 9.90 Å². The van der Waals surface area contributed by atoms with Crippen LogP contribution in [0.5, 0.6) is 5.75 Å². The number of rotatable bonds is 2. The highest BCUT2D eigenvalue weighted by atomic mass is 35.5. The fourth-order valence-corrected chi connectivity index (χ4v) is 1.48. The Balaban J connectivity index is 0.00000112. The maximum Gasteiger partial charge on any atom is 0.178 e. The lowest BCUT2D eigenvalue weighted by Gasteiger charge is -1.96. The fraction of sp³-hybridized carbons (Fsp3) is 0.100. The number of ketones is 1. The molecule has 0 aliphatic heterocycles. The van der Waals surface area contributed by atoms with E-state index in [1.165, 1.54) is 0 Å². The molecule has 80 valence electrons. The van der Waals surface area contributed by atoms with E-state index in [0.29, 0.717) is 16.5 Å². The van der Waals surface area contributed by atoms with Crippen molar-refractivity contribution in [3.8, 4) is 5.75 Å². The Morgan fingerprint density at radius 2 is 2.20 bits per heavy atom. The fourth-order valence-electron chi connectivity index (χ4n) is 1.48. The van der Waals surface area contributed by atoms with Gasteiger partial charge in [0.15, 0.2) is 5.78 Å². The first kappa shape index (κ1) is 11.6. The molecule has 0 spiro atoms. The average molecular weight is 227 g/mol. The average Bonchev–Trinajstić information content (AvgIpc) is 2.62. The maximum absolute atomic E-state index is 11.4. The number of hydrogen-bond donors (Lipinski definition) is 3. The molecule has 1 aromatic heterocycles. The summed E-state index contributed by atoms with van der Waals surface area (Å²) in [5.74, 6) is 0.000390. The number of phenolic OH excluding ortho intramolecular Hbond substituents is 1. The maximum atomic E-state index is 11.4. The largest absolute Gasteiger partial charge is 0.506 e. The molecule has 1 heterocycles. The molecule has 0 amide bonds. The van der Waals surface area contributed by atoms with Gasteiger partial charge in [0.25, 0.3) is 0 Å². The third-order valence-electron chi connectivity index (χ3n) is 2.18. The van der Waals surface area contributed by atoms with Crippen LogP contribution in [0.15, 0.2) is 24.4 Å². The van der Waals surface area contributed by atoms with E-state index in [1.54, 1.807) is 24.4 Å². The zero-order chi connectivity index (χ0) is 10.1. The molecule has 0 radical (unpaired) electrons. The number of carbonyl (C=O) groups excluding carboxylic acids is 1. The van der Waals surface area contributed by atoms with E-state index < -0.39 is 0 Å². The standard InChI is InChI=1S/C10H10N2O2.ClH/c11-4-9(14)7-5-12-10-6(7)2-1-3-8(10)13;/h1-3,5,12-13H,4,11H2;1H. The summed E-state index contributed by atoms with van der Waals surface area (Å²) >= 11 is 0. The Morgan fingerprint density at radius 3 is 2.87 bits per heavy atom. The normalized spacial score (nSPS) is 9.93. The quantitative estimate of drug-likeness (QED) is 0.678. The summed E-state index contributed by atoms with van der Waals surface area (Å²) in [5.41, 5.74) is 6.37. The SMILES string of the molecule is Cl.NCC(=O)c1c[nH]c2c(O)cccc12. The lowest BCUT2D eigenvalue weighted by Crippen LogP contribution is -2.12. The molecule has 2 rings (SSSR count). The van der Waals surface area contributed by atoms with Gasteiger partial charge in [0.1, 0.15) is 5.75 Å². The van der Waals surface area contributed by atoms with Crippen LogP contribution >= 0.6 is 12.4 Å². The number of aromatic hydroxyl groups is 1. The topological polar surface area (TPSA) is 79.1 Å². The molecule has 0 aliphatic carbocycles. The summed E-state index contributed by atoms with van der Waals surface area (Å²) in [6.45, 7) is -0.0252. The Bertz CT molecular complexity index is 493. The number of nitrogens with one attached hydrogen (secondary N) is 1. The van der Waals surface area contributed by atoms with Crippen molar-refractivity contribution in [3.05, 3.63) is 30.0 Å². The zero-order valence-corrected chi connectivity index (χ0v) is 8.67. The second-order valence-corrected chi connectivity index (χ2v) is 3.03. The Hall–Kier alpha value is -1.52. The van der Waals surface area contributed by atoms with Gasteiger partial charge in [-0.3, -0.25) is 4.79 Å². The minimum Gasteiger partial charge on any atom is -0.506 e. The number of aromatic amines is 1. The van der Waals surface area contributed by atoms with Crippen molar-refractivity contribution in [3.63, 3.8) is 0 Å². The summed E-state index contributed by atoms with van der Waals surface area (Å²) in [7, 11) is 0. The van der Waals surface area contributed by atoms with Gasteiger partial charge < -0.3 is 15.8 Å². The zero-order valence-electron chi connectivity index (χ0n) is 7.86. The van der Waals surface area contributed by atoms with Gasteiger partial charge in [0, 0.05) is 17.1 Å². The molecule has 0 saturated heterocycles. The molecule has 4 N–H and O–H groups in total. The number of H-pyrrole nitrogens is 1. The van der Waals surface area contributed by atoms with E-state index in [4.69, 9.17) is 5.73 Å². The van der Waals surface area contributed by atoms with Gasteiger partial charge in [-0.1, -0.05) is 12.1 Å². The van der Waals surface area contributed by atoms with Gasteiger partial charge in [0.05, 0.1) is 12.1 Å². The third kappa shape index (κ3) is 1.82. The molecule has 5 heteroatoms. The molecule has 15 heavy (non-hydrogen) atoms. The highest BCUT2D eigenvalue weighted by molar-refractivity contribution is 6.09. The first-order valence-electron chi connectivity index (χ1n) is 4.26. The summed E-state index contributed by atoms with van der Waals surface area (Å²) < 4.78 is 0. The van der Waals surface area contributed by atoms with Crippen LogP contribution in [0.2, 0.25) is 0 Å². The lowest BCUT2D eigenvalue weighted by atomic mass is 10.1. The Kier molecular flexibility index (Phi) is 3.34. The number of hydrogen-bond acceptors (Lipinski definition) is 3. The van der Waals surface area contributed by atoms with Gasteiger partial charge in [-0.2, -0.15) is 0 Å². The van der Waals surface area contributed by atoms with Crippen LogP contribution in [0.1, 0.15) is 10.4 Å². The van der Waals surface area contributed by atoms with Crippen molar-refractivity contribution in [1.29, 1.82) is 0 Å². The third-order valence-corrected chi connectivity index (χ3v) is 2.18. The lowest BCUT2D eigenvalue weighted by molar-refractivity contribution is 0.100. The number of para-hydroxylation sites is 1. The highest BCUT2D eigenvalue weighted by Gasteiger charge is 2.11. The van der Waals surface area contributed by atoms with Crippen molar-refractivity contribution >= 4 is 29.1 Å². The van der Waals surface area contributed by atoms with Crippen molar-refractivity contribution in [1.82, 2.24) is 4.98 Å². The number of halogens is 1. The van der Waals surface area contributed by atoms with E-state index in [9.17, 15) is 9.90 Å². The number of fused-ring (bicyclic) bond motifs is 1. The van der Waals surface area contributed by atoms with Gasteiger partial charge in [0.2, 0.25) is 0 Å². The number of Topliss-reactive ketones (excluding diaryl/α,β-unsaturated/α-hetero) is 1. The van der Waals surface area contributed by atoms with Crippen LogP contribution in [0.4, 0.5) is 0 Å². The van der Waals surface area contributed by atoms with Gasteiger partial charge in [-0.05, 0) is 6.07 Å². The van der Waals surface area contributed by atoms with E-state index >= 15 is 0 Å². The molecule has 1 aromatic carbocycles. The van der Waals surface area contributed by atoms with Crippen LogP contribution in [-0.2, 0) is 0 Å². The number of phenols is 1. The molecule has 0 bridgehead atoms. The van der Waals surface area contributed by atoms with Crippen LogP contribution in [0.3, 0.4) is 0 Å². The number of carbonyl (C=O) groups is 1. The van der Waals surface area contributed by atoms with Crippen LogP contribution in [0, 0.1) is 0 Å². The number of aromatic nitrogens is 1. The molecule has 0 saturated carbocycles. The monoisotopic (exact) mass is 226 g/mol. The first-order valence-corrected chi connectivity index (χ1v) is 4.26. The van der Waals surface area contributed by atoms with Gasteiger partial charge in [-0.15, -0.1) is 12.4 Å². The molecular formula is C10H11ClN2O2. The van der Waals surface area contributed by atoms with Gasteiger partial charge in [-0.25, -0.2) is 0 Å². The van der Waals surface area contributed by atoms with Crippen LogP contribution < -0.4 is 5.73 Å². The van der Waals surface area contributed by atoms with Gasteiger partial charge >= 0.3 is 0 Å². The molecule has 2 aromatic rings. The summed E-state index contributed by atoms with van der Waals surface area (Å²) in [6.07, 6.45) is 1.57. The van der Waals surface area contributed by atoms with Crippen molar-refractivity contribution in [2.24, 2.45) is 5.73 Å². The predicted octanol–water partition coefficient (Wildman–Crippen LogP) is 1.44. The van der Waals surface area contributed by atoms with E-state index in [-0.39, 0.29) is 30.5 Å².